The van der Waals surface area contributed by atoms with Gasteiger partial charge in [-0.2, -0.15) is 5.26 Å². The molecule has 3 heterocycles. The minimum atomic E-state index is -0.106. The van der Waals surface area contributed by atoms with Crippen molar-refractivity contribution in [3.05, 3.63) is 58.4 Å². The van der Waals surface area contributed by atoms with Gasteiger partial charge >= 0.3 is 0 Å². The maximum absolute atomic E-state index is 9.49. The fraction of sp³-hybridized carbons (Fsp3) is 0.304. The van der Waals surface area contributed by atoms with E-state index in [2.05, 4.69) is 32.0 Å². The van der Waals surface area contributed by atoms with E-state index in [4.69, 9.17) is 28.8 Å². The van der Waals surface area contributed by atoms with Crippen molar-refractivity contribution in [2.24, 2.45) is 5.73 Å². The molecule has 0 radical (unpaired) electrons. The Morgan fingerprint density at radius 3 is 2.67 bits per heavy atom. The van der Waals surface area contributed by atoms with Crippen LogP contribution in [-0.2, 0) is 11.8 Å². The molecule has 1 aliphatic heterocycles. The summed E-state index contributed by atoms with van der Waals surface area (Å²) in [7, 11) is 0. The topological polar surface area (TPSA) is 144 Å². The number of nitriles is 1. The van der Waals surface area contributed by atoms with Crippen LogP contribution in [0, 0.1) is 11.3 Å². The quantitative estimate of drug-likeness (QED) is 0.516. The average molecular weight is 479 g/mol. The molecular formula is C23H23ClN8S. The summed E-state index contributed by atoms with van der Waals surface area (Å²) in [5.74, 6) is 1.34. The molecule has 3 aromatic rings. The first kappa shape index (κ1) is 21.8. The first-order chi connectivity index (χ1) is 15.9. The van der Waals surface area contributed by atoms with Crippen LogP contribution in [0.2, 0.25) is 5.02 Å². The van der Waals surface area contributed by atoms with Crippen molar-refractivity contribution in [1.29, 1.82) is 5.26 Å². The third-order valence-corrected chi connectivity index (χ3v) is 8.36. The number of aromatic nitrogens is 3. The fourth-order valence-corrected chi connectivity index (χ4v) is 6.02. The predicted octanol–water partition coefficient (Wildman–Crippen LogP) is 3.13. The monoisotopic (exact) mass is 478 g/mol. The Morgan fingerprint density at radius 2 is 1.94 bits per heavy atom. The number of pyridine rings is 1. The zero-order valence-electron chi connectivity index (χ0n) is 17.8. The third kappa shape index (κ3) is 3.64. The van der Waals surface area contributed by atoms with Crippen LogP contribution in [0.5, 0.6) is 0 Å². The number of hydrogen-bond donors (Lipinski definition) is 3. The van der Waals surface area contributed by atoms with E-state index < -0.39 is 0 Å². The van der Waals surface area contributed by atoms with Gasteiger partial charge in [0.05, 0.1) is 22.9 Å². The Labute approximate surface area is 201 Å². The van der Waals surface area contributed by atoms with Crippen LogP contribution < -0.4 is 22.1 Å². The Bertz CT molecular complexity index is 1270. The van der Waals surface area contributed by atoms with Crippen LogP contribution in [0.15, 0.2) is 46.6 Å². The molecule has 8 nitrogen and oxygen atoms in total. The number of nitrogens with zero attached hydrogens (tertiary/aromatic N) is 5. The van der Waals surface area contributed by atoms with Gasteiger partial charge < -0.3 is 22.1 Å². The normalized spacial score (nSPS) is 18.8. The maximum Gasteiger partial charge on any atom is 0.158 e. The summed E-state index contributed by atoms with van der Waals surface area (Å²) in [6.45, 7) is 1.58. The Hall–Kier alpha value is -3.06. The molecule has 0 saturated carbocycles. The van der Waals surface area contributed by atoms with Gasteiger partial charge in [-0.15, -0.1) is 0 Å². The first-order valence-corrected chi connectivity index (χ1v) is 11.9. The third-order valence-electron chi connectivity index (χ3n) is 6.79. The number of rotatable bonds is 3. The molecule has 0 amide bonds. The summed E-state index contributed by atoms with van der Waals surface area (Å²) in [6.07, 6.45) is 5.86. The number of piperidine rings is 1. The highest BCUT2D eigenvalue weighted by Gasteiger charge is 2.47. The number of halogens is 1. The molecule has 6 N–H and O–H groups in total. The van der Waals surface area contributed by atoms with E-state index in [1.807, 2.05) is 12.1 Å². The van der Waals surface area contributed by atoms with Gasteiger partial charge in [0.25, 0.3) is 0 Å². The molecule has 10 heteroatoms. The highest BCUT2D eigenvalue weighted by atomic mass is 35.5. The number of nitrogen functional groups attached to an aromatic ring is 2. The molecule has 168 valence electrons. The molecule has 1 atom stereocenters. The molecule has 1 saturated heterocycles. The lowest BCUT2D eigenvalue weighted by molar-refractivity contribution is 0.292. The van der Waals surface area contributed by atoms with Crippen LogP contribution in [-0.4, -0.2) is 34.1 Å². The minimum Gasteiger partial charge on any atom is -0.382 e. The lowest BCUT2D eigenvalue weighted by atomic mass is 9.71. The standard InChI is InChI=1S/C23H23ClN8S/c24-19-16(4-7-29-20(19)27)33-22-21(28)31-18(12-30-22)32-8-5-23(6-9-32)15-3-1-2-13(11-25)14(15)10-17(23)26/h1-4,7,12,17H,5-6,8-10,26H2,(H2,27,29)(H2,28,31)/t17-/m1/s1. The van der Waals surface area contributed by atoms with Crippen molar-refractivity contribution >= 4 is 40.8 Å². The highest BCUT2D eigenvalue weighted by molar-refractivity contribution is 7.99. The van der Waals surface area contributed by atoms with Gasteiger partial charge in [0.2, 0.25) is 0 Å². The zero-order chi connectivity index (χ0) is 23.2. The zero-order valence-corrected chi connectivity index (χ0v) is 19.4. The lowest BCUT2D eigenvalue weighted by Crippen LogP contribution is -2.50. The number of benzene rings is 1. The summed E-state index contributed by atoms with van der Waals surface area (Å²) >= 11 is 7.55. The van der Waals surface area contributed by atoms with Crippen molar-refractivity contribution in [2.45, 2.75) is 40.6 Å². The summed E-state index contributed by atoms with van der Waals surface area (Å²) in [6, 6.07) is 10.1. The van der Waals surface area contributed by atoms with Gasteiger partial charge in [-0.3, -0.25) is 0 Å². The second-order valence-electron chi connectivity index (χ2n) is 8.43. The molecule has 2 aliphatic rings. The van der Waals surface area contributed by atoms with Crippen molar-refractivity contribution in [1.82, 2.24) is 15.0 Å². The number of anilines is 3. The Kier molecular flexibility index (Phi) is 5.52. The van der Waals surface area contributed by atoms with Crippen molar-refractivity contribution < 1.29 is 0 Å². The van der Waals surface area contributed by atoms with Crippen LogP contribution in [0.4, 0.5) is 17.5 Å². The van der Waals surface area contributed by atoms with E-state index in [-0.39, 0.29) is 17.3 Å². The lowest BCUT2D eigenvalue weighted by Gasteiger charge is -2.43. The van der Waals surface area contributed by atoms with E-state index in [9.17, 15) is 5.26 Å². The van der Waals surface area contributed by atoms with Crippen molar-refractivity contribution in [2.75, 3.05) is 29.5 Å². The maximum atomic E-state index is 9.49. The molecule has 33 heavy (non-hydrogen) atoms. The van der Waals surface area contributed by atoms with E-state index in [1.165, 1.54) is 17.3 Å². The second-order valence-corrected chi connectivity index (χ2v) is 9.83. The van der Waals surface area contributed by atoms with Crippen molar-refractivity contribution in [3.8, 4) is 6.07 Å². The summed E-state index contributed by atoms with van der Waals surface area (Å²) in [4.78, 5) is 16.0. The van der Waals surface area contributed by atoms with Crippen molar-refractivity contribution in [3.63, 3.8) is 0 Å². The molecule has 0 bridgehead atoms. The van der Waals surface area contributed by atoms with E-state index in [0.717, 1.165) is 54.2 Å². The molecule has 1 aromatic carbocycles. The van der Waals surface area contributed by atoms with E-state index in [0.29, 0.717) is 15.9 Å². The number of fused-ring (bicyclic) bond motifs is 2. The second kappa shape index (κ2) is 8.37. The van der Waals surface area contributed by atoms with Gasteiger partial charge in [0.1, 0.15) is 16.7 Å². The molecule has 1 aliphatic carbocycles. The van der Waals surface area contributed by atoms with E-state index >= 15 is 0 Å². The molecule has 1 spiro atoms. The van der Waals surface area contributed by atoms with Crippen LogP contribution >= 0.6 is 23.4 Å². The average Bonchev–Trinajstić information content (AvgIpc) is 3.09. The van der Waals surface area contributed by atoms with Crippen LogP contribution in [0.1, 0.15) is 29.5 Å². The SMILES string of the molecule is N#Cc1cccc2c1C[C@@H](N)C21CCN(c2cnc(Sc3ccnc(N)c3Cl)c(N)n2)CC1. The van der Waals surface area contributed by atoms with E-state index in [1.54, 1.807) is 18.5 Å². The summed E-state index contributed by atoms with van der Waals surface area (Å²) in [5.41, 5.74) is 21.6. The molecule has 0 unspecified atom stereocenters. The highest BCUT2D eigenvalue weighted by Crippen LogP contribution is 2.47. The van der Waals surface area contributed by atoms with Gasteiger partial charge in [0, 0.05) is 35.6 Å². The van der Waals surface area contributed by atoms with Gasteiger partial charge in [-0.1, -0.05) is 35.5 Å². The Morgan fingerprint density at radius 1 is 1.15 bits per heavy atom. The van der Waals surface area contributed by atoms with Gasteiger partial charge in [-0.25, -0.2) is 15.0 Å². The van der Waals surface area contributed by atoms with Crippen LogP contribution in [0.3, 0.4) is 0 Å². The largest absolute Gasteiger partial charge is 0.382 e. The molecular weight excluding hydrogens is 456 g/mol. The number of hydrogen-bond acceptors (Lipinski definition) is 9. The predicted molar refractivity (Wildman–Crippen MR) is 130 cm³/mol. The van der Waals surface area contributed by atoms with Gasteiger partial charge in [0.15, 0.2) is 5.82 Å². The summed E-state index contributed by atoms with van der Waals surface area (Å²) in [5, 5.41) is 10.4. The minimum absolute atomic E-state index is 0.0108. The summed E-state index contributed by atoms with van der Waals surface area (Å²) < 4.78 is 0. The van der Waals surface area contributed by atoms with Gasteiger partial charge in [-0.05, 0) is 42.5 Å². The van der Waals surface area contributed by atoms with Crippen LogP contribution in [0.25, 0.3) is 0 Å². The molecule has 5 rings (SSSR count). The number of nitrogens with two attached hydrogens (primary N) is 3. The smallest absolute Gasteiger partial charge is 0.158 e. The molecule has 2 aromatic heterocycles. The molecule has 1 fully saturated rings. The first-order valence-electron chi connectivity index (χ1n) is 10.7. The fourth-order valence-electron chi connectivity index (χ4n) is 5.01. The Balaban J connectivity index is 1.34.